The minimum Gasteiger partial charge on any atom is -0.479 e. The topological polar surface area (TPSA) is 229 Å². The van der Waals surface area contributed by atoms with Gasteiger partial charge in [-0.2, -0.15) is 0 Å². The third-order valence-corrected chi connectivity index (χ3v) is 9.57. The van der Waals surface area contributed by atoms with Gasteiger partial charge >= 0.3 is 12.1 Å². The molecule has 6 N–H and O–H groups in total. The average molecular weight is 710 g/mol. The SMILES string of the molecule is CC(=O)N[C@H]1[C@H]([C@H](O)[C@H](O)CNC(=O)c2cc(C)c(=O)n(C)c2)O[C@@](CCN2CCOC[C@@]23CCN(C(=O)OC(C)(C)C)C3)(C(=O)O)C[C@@H]1O. The van der Waals surface area contributed by atoms with Gasteiger partial charge in [0.2, 0.25) is 5.91 Å². The number of nitrogens with zero attached hydrogens (tertiary/aromatic N) is 3. The number of carboxylic acids is 1. The van der Waals surface area contributed by atoms with Crippen molar-refractivity contribution in [3.63, 3.8) is 0 Å². The third-order valence-electron chi connectivity index (χ3n) is 9.57. The maximum Gasteiger partial charge on any atom is 0.410 e. The fourth-order valence-electron chi connectivity index (χ4n) is 6.95. The molecular weight excluding hydrogens is 658 g/mol. The zero-order valence-corrected chi connectivity index (χ0v) is 29.5. The van der Waals surface area contributed by atoms with Gasteiger partial charge in [-0.25, -0.2) is 9.59 Å². The van der Waals surface area contributed by atoms with Crippen LogP contribution in [0.4, 0.5) is 4.79 Å². The monoisotopic (exact) mass is 709 g/mol. The number of ether oxygens (including phenoxy) is 3. The number of nitrogens with one attached hydrogen (secondary N) is 2. The van der Waals surface area contributed by atoms with Crippen LogP contribution in [0.2, 0.25) is 0 Å². The van der Waals surface area contributed by atoms with Crippen molar-refractivity contribution in [2.24, 2.45) is 7.05 Å². The number of aromatic nitrogens is 1. The molecule has 1 aromatic heterocycles. The minimum atomic E-state index is -2.04. The largest absolute Gasteiger partial charge is 0.479 e. The number of pyridine rings is 1. The number of rotatable bonds is 10. The van der Waals surface area contributed by atoms with Crippen molar-refractivity contribution < 1.29 is 53.8 Å². The lowest BCUT2D eigenvalue weighted by Crippen LogP contribution is -2.68. The molecule has 0 aliphatic carbocycles. The Morgan fingerprint density at radius 1 is 1.18 bits per heavy atom. The Kier molecular flexibility index (Phi) is 12.0. The van der Waals surface area contributed by atoms with Gasteiger partial charge in [-0.3, -0.25) is 19.3 Å². The van der Waals surface area contributed by atoms with Crippen LogP contribution in [-0.4, -0.2) is 152 Å². The van der Waals surface area contributed by atoms with E-state index in [0.29, 0.717) is 44.8 Å². The van der Waals surface area contributed by atoms with Gasteiger partial charge < -0.3 is 54.7 Å². The maximum absolute atomic E-state index is 12.9. The van der Waals surface area contributed by atoms with E-state index in [-0.39, 0.29) is 24.1 Å². The Morgan fingerprint density at radius 2 is 1.88 bits per heavy atom. The van der Waals surface area contributed by atoms with E-state index in [0.717, 1.165) is 0 Å². The fourth-order valence-corrected chi connectivity index (χ4v) is 6.95. The minimum absolute atomic E-state index is 0.133. The lowest BCUT2D eigenvalue weighted by molar-refractivity contribution is -0.231. The van der Waals surface area contributed by atoms with E-state index in [2.05, 4.69) is 15.5 Å². The summed E-state index contributed by atoms with van der Waals surface area (Å²) >= 11 is 0. The highest BCUT2D eigenvalue weighted by atomic mass is 16.6. The molecule has 3 aliphatic rings. The van der Waals surface area contributed by atoms with Gasteiger partial charge in [0, 0.05) is 71.3 Å². The van der Waals surface area contributed by atoms with E-state index in [1.54, 1.807) is 32.6 Å². The van der Waals surface area contributed by atoms with Crippen LogP contribution in [0.5, 0.6) is 0 Å². The predicted octanol–water partition coefficient (Wildman–Crippen LogP) is -1.27. The van der Waals surface area contributed by atoms with Gasteiger partial charge in [-0.1, -0.05) is 0 Å². The number of aliphatic carboxylic acids is 1. The summed E-state index contributed by atoms with van der Waals surface area (Å²) in [6.07, 6.45) is -5.84. The smallest absolute Gasteiger partial charge is 0.410 e. The third kappa shape index (κ3) is 8.81. The van der Waals surface area contributed by atoms with Crippen LogP contribution < -0.4 is 16.2 Å². The number of amides is 3. The molecule has 0 bridgehead atoms. The van der Waals surface area contributed by atoms with Gasteiger partial charge in [-0.15, -0.1) is 0 Å². The van der Waals surface area contributed by atoms with Crippen molar-refractivity contribution in [1.82, 2.24) is 25.0 Å². The summed E-state index contributed by atoms with van der Waals surface area (Å²) in [5.74, 6) is -2.64. The Bertz CT molecular complexity index is 1470. The number of morpholine rings is 1. The van der Waals surface area contributed by atoms with Crippen LogP contribution in [0.25, 0.3) is 0 Å². The number of likely N-dealkylation sites (tertiary alicyclic amines) is 1. The summed E-state index contributed by atoms with van der Waals surface area (Å²) in [5, 5.41) is 49.0. The van der Waals surface area contributed by atoms with E-state index >= 15 is 0 Å². The highest BCUT2D eigenvalue weighted by Gasteiger charge is 2.55. The molecular formula is C33H51N5O12. The first-order valence-electron chi connectivity index (χ1n) is 16.8. The van der Waals surface area contributed by atoms with Crippen LogP contribution in [-0.2, 0) is 30.8 Å². The van der Waals surface area contributed by atoms with Crippen molar-refractivity contribution in [1.29, 1.82) is 0 Å². The molecule has 17 nitrogen and oxygen atoms in total. The van der Waals surface area contributed by atoms with Crippen LogP contribution in [0, 0.1) is 6.92 Å². The first kappa shape index (κ1) is 39.2. The molecule has 4 rings (SSSR count). The van der Waals surface area contributed by atoms with Crippen molar-refractivity contribution in [3.05, 3.63) is 33.7 Å². The second-order valence-corrected chi connectivity index (χ2v) is 14.6. The molecule has 0 aromatic carbocycles. The molecule has 3 aliphatic heterocycles. The van der Waals surface area contributed by atoms with E-state index in [1.165, 1.54) is 30.8 Å². The van der Waals surface area contributed by atoms with Crippen LogP contribution in [0.15, 0.2) is 17.1 Å². The molecule has 4 heterocycles. The molecule has 3 saturated heterocycles. The number of hydrogen-bond donors (Lipinski definition) is 6. The zero-order chi connectivity index (χ0) is 37.2. The summed E-state index contributed by atoms with van der Waals surface area (Å²) in [7, 11) is 1.48. The molecule has 0 radical (unpaired) electrons. The van der Waals surface area contributed by atoms with Gasteiger partial charge in [0.15, 0.2) is 5.60 Å². The fraction of sp³-hybridized carbons (Fsp3) is 0.727. The molecule has 3 fully saturated rings. The second kappa shape index (κ2) is 15.3. The Hall–Kier alpha value is -3.61. The standard InChI is InChI=1S/C33H51N5O12/c1-19-13-21(16-36(6)28(19)44)27(43)34-15-23(41)25(42)26-24(35-20(2)39)22(40)14-33(49-26,29(45)46)8-10-38-11-12-48-18-32(38)7-9-37(17-32)30(47)50-31(3,4)5/h13,16,22-26,40-42H,7-12,14-15,17-18H2,1-6H3,(H,34,43)(H,35,39)(H,45,46)/t22-,23+,24+,25+,26+,32-,33+/m0/s1. The Balaban J connectivity index is 1.51. The van der Waals surface area contributed by atoms with Gasteiger partial charge in [-0.05, 0) is 40.2 Å². The number of aliphatic hydroxyl groups is 3. The number of hydrogen-bond acceptors (Lipinski definition) is 12. The molecule has 0 saturated carbocycles. The summed E-state index contributed by atoms with van der Waals surface area (Å²) < 4.78 is 18.7. The number of carboxylic acid groups (broad SMARTS) is 1. The maximum atomic E-state index is 12.9. The number of aryl methyl sites for hydroxylation is 2. The predicted molar refractivity (Wildman–Crippen MR) is 176 cm³/mol. The molecule has 0 unspecified atom stereocenters. The van der Waals surface area contributed by atoms with E-state index < -0.39 is 84.0 Å². The molecule has 1 spiro atoms. The lowest BCUT2D eigenvalue weighted by atomic mass is 9.81. The summed E-state index contributed by atoms with van der Waals surface area (Å²) in [6, 6.07) is 0.0903. The number of carbonyl (C=O) groups is 4. The summed E-state index contributed by atoms with van der Waals surface area (Å²) in [6.45, 7) is 9.56. The molecule has 1 aromatic rings. The number of aliphatic hydroxyl groups excluding tert-OH is 3. The highest BCUT2D eigenvalue weighted by molar-refractivity contribution is 5.94. The molecule has 3 amide bonds. The zero-order valence-electron chi connectivity index (χ0n) is 29.5. The second-order valence-electron chi connectivity index (χ2n) is 14.6. The van der Waals surface area contributed by atoms with Gasteiger partial charge in [0.25, 0.3) is 11.5 Å². The normalized spacial score (nSPS) is 28.6. The Labute approximate surface area is 290 Å². The van der Waals surface area contributed by atoms with Crippen LogP contribution in [0.3, 0.4) is 0 Å². The molecule has 7 atom stereocenters. The first-order valence-corrected chi connectivity index (χ1v) is 16.8. The van der Waals surface area contributed by atoms with Crippen molar-refractivity contribution in [2.45, 2.75) is 101 Å². The number of carbonyl (C=O) groups excluding carboxylic acids is 3. The van der Waals surface area contributed by atoms with Crippen LogP contribution in [0.1, 0.15) is 62.9 Å². The van der Waals surface area contributed by atoms with Crippen molar-refractivity contribution in [2.75, 3.05) is 45.9 Å². The first-order chi connectivity index (χ1) is 23.3. The van der Waals surface area contributed by atoms with Gasteiger partial charge in [0.05, 0.1) is 42.6 Å². The average Bonchev–Trinajstić information content (AvgIpc) is 3.45. The molecule has 17 heteroatoms. The summed E-state index contributed by atoms with van der Waals surface area (Å²) in [5.41, 5.74) is -3.17. The summed E-state index contributed by atoms with van der Waals surface area (Å²) in [4.78, 5) is 66.4. The van der Waals surface area contributed by atoms with Gasteiger partial charge in [0.1, 0.15) is 17.8 Å². The van der Waals surface area contributed by atoms with Crippen LogP contribution >= 0.6 is 0 Å². The quantitative estimate of drug-likeness (QED) is 0.167. The lowest BCUT2D eigenvalue weighted by Gasteiger charge is -2.49. The van der Waals surface area contributed by atoms with E-state index in [4.69, 9.17) is 14.2 Å². The highest BCUT2D eigenvalue weighted by Crippen LogP contribution is 2.38. The van der Waals surface area contributed by atoms with Crippen molar-refractivity contribution >= 4 is 23.9 Å². The van der Waals surface area contributed by atoms with E-state index in [9.17, 15) is 44.4 Å². The van der Waals surface area contributed by atoms with E-state index in [1.807, 2.05) is 0 Å². The molecule has 50 heavy (non-hydrogen) atoms. The Morgan fingerprint density at radius 3 is 2.50 bits per heavy atom. The van der Waals surface area contributed by atoms with Crippen molar-refractivity contribution in [3.8, 4) is 0 Å². The molecule has 280 valence electrons.